The molecule has 2 aliphatic heterocycles. The van der Waals surface area contributed by atoms with E-state index in [-0.39, 0.29) is 29.8 Å². The summed E-state index contributed by atoms with van der Waals surface area (Å²) in [7, 11) is 0. The Morgan fingerprint density at radius 3 is 2.52 bits per heavy atom. The predicted molar refractivity (Wildman–Crippen MR) is 93.6 cm³/mol. The first kappa shape index (κ1) is 18.2. The van der Waals surface area contributed by atoms with Crippen LogP contribution in [0.4, 0.5) is 0 Å². The summed E-state index contributed by atoms with van der Waals surface area (Å²) in [6, 6.07) is 9.85. The molecule has 2 heterocycles. The van der Waals surface area contributed by atoms with Crippen LogP contribution in [-0.2, 0) is 4.79 Å². The first-order valence-corrected chi connectivity index (χ1v) is 8.37. The molecule has 128 valence electrons. The van der Waals surface area contributed by atoms with Gasteiger partial charge in [0, 0.05) is 13.1 Å². The fourth-order valence-electron chi connectivity index (χ4n) is 3.77. The van der Waals surface area contributed by atoms with E-state index in [1.807, 2.05) is 42.2 Å². The van der Waals surface area contributed by atoms with E-state index in [1.54, 1.807) is 0 Å². The molecule has 2 saturated heterocycles. The number of likely N-dealkylation sites (tertiary alicyclic amines) is 1. The van der Waals surface area contributed by atoms with Crippen molar-refractivity contribution >= 4 is 18.3 Å². The van der Waals surface area contributed by atoms with Crippen LogP contribution in [0, 0.1) is 5.92 Å². The van der Waals surface area contributed by atoms with Gasteiger partial charge in [0.25, 0.3) is 0 Å². The molecule has 0 aromatic heterocycles. The van der Waals surface area contributed by atoms with Gasteiger partial charge >= 0.3 is 0 Å². The molecular formula is C18H27ClN2O2. The summed E-state index contributed by atoms with van der Waals surface area (Å²) in [5.74, 6) is 0.480. The minimum absolute atomic E-state index is 0. The molecule has 2 fully saturated rings. The molecule has 4 nitrogen and oxygen atoms in total. The highest BCUT2D eigenvalue weighted by Crippen LogP contribution is 2.32. The Morgan fingerprint density at radius 1 is 1.30 bits per heavy atom. The van der Waals surface area contributed by atoms with Gasteiger partial charge < -0.3 is 15.3 Å². The minimum Gasteiger partial charge on any atom is -0.388 e. The van der Waals surface area contributed by atoms with Crippen LogP contribution in [0.15, 0.2) is 30.3 Å². The van der Waals surface area contributed by atoms with Gasteiger partial charge in [0.2, 0.25) is 5.91 Å². The Hall–Kier alpha value is -1.10. The van der Waals surface area contributed by atoms with E-state index >= 15 is 0 Å². The highest BCUT2D eigenvalue weighted by molar-refractivity contribution is 5.86. The fraction of sp³-hybridized carbons (Fsp3) is 0.611. The number of aliphatic hydroxyl groups excluding tert-OH is 1. The summed E-state index contributed by atoms with van der Waals surface area (Å²) >= 11 is 0. The number of nitrogens with zero attached hydrogens (tertiary/aromatic N) is 1. The lowest BCUT2D eigenvalue weighted by Gasteiger charge is -2.38. The number of hydrogen-bond donors (Lipinski definition) is 2. The van der Waals surface area contributed by atoms with Crippen LogP contribution in [0.1, 0.15) is 44.3 Å². The zero-order valence-corrected chi connectivity index (χ0v) is 14.5. The van der Waals surface area contributed by atoms with Gasteiger partial charge in [0.1, 0.15) is 0 Å². The second kappa shape index (κ2) is 7.65. The Balaban J connectivity index is 0.00000192. The quantitative estimate of drug-likeness (QED) is 0.890. The number of halogens is 1. The van der Waals surface area contributed by atoms with Crippen LogP contribution in [0.5, 0.6) is 0 Å². The van der Waals surface area contributed by atoms with Crippen molar-refractivity contribution in [3.05, 3.63) is 35.9 Å². The van der Waals surface area contributed by atoms with Crippen molar-refractivity contribution < 1.29 is 9.90 Å². The predicted octanol–water partition coefficient (Wildman–Crippen LogP) is 2.52. The van der Waals surface area contributed by atoms with Gasteiger partial charge in [-0.05, 0) is 50.6 Å². The molecule has 0 aliphatic carbocycles. The number of aliphatic hydroxyl groups is 1. The second-order valence-electron chi connectivity index (χ2n) is 6.85. The third kappa shape index (κ3) is 3.87. The number of nitrogens with one attached hydrogen (secondary N) is 1. The molecule has 2 aliphatic rings. The molecule has 0 radical (unpaired) electrons. The number of benzene rings is 1. The van der Waals surface area contributed by atoms with Gasteiger partial charge in [-0.3, -0.25) is 4.79 Å². The maximum absolute atomic E-state index is 12.7. The first-order valence-electron chi connectivity index (χ1n) is 8.37. The van der Waals surface area contributed by atoms with E-state index in [0.717, 1.165) is 50.9 Å². The molecule has 0 saturated carbocycles. The maximum atomic E-state index is 12.7. The van der Waals surface area contributed by atoms with E-state index in [2.05, 4.69) is 5.32 Å². The van der Waals surface area contributed by atoms with Gasteiger partial charge in [-0.2, -0.15) is 0 Å². The van der Waals surface area contributed by atoms with Gasteiger partial charge in [-0.15, -0.1) is 12.4 Å². The van der Waals surface area contributed by atoms with E-state index < -0.39 is 6.10 Å². The number of rotatable bonds is 3. The summed E-state index contributed by atoms with van der Waals surface area (Å²) in [5.41, 5.74) is 0.613. The van der Waals surface area contributed by atoms with Crippen molar-refractivity contribution in [2.24, 2.45) is 5.92 Å². The van der Waals surface area contributed by atoms with Crippen molar-refractivity contribution in [1.29, 1.82) is 0 Å². The number of piperidine rings is 1. The molecule has 0 spiro atoms. The van der Waals surface area contributed by atoms with Crippen LogP contribution in [0.2, 0.25) is 0 Å². The van der Waals surface area contributed by atoms with Crippen LogP contribution < -0.4 is 5.32 Å². The molecule has 5 heteroatoms. The van der Waals surface area contributed by atoms with Crippen molar-refractivity contribution in [3.63, 3.8) is 0 Å². The van der Waals surface area contributed by atoms with Gasteiger partial charge in [-0.1, -0.05) is 30.3 Å². The van der Waals surface area contributed by atoms with Crippen molar-refractivity contribution in [3.8, 4) is 0 Å². The Labute approximate surface area is 144 Å². The normalized spacial score (nSPS) is 26.6. The summed E-state index contributed by atoms with van der Waals surface area (Å²) in [6.45, 7) is 4.47. The molecule has 23 heavy (non-hydrogen) atoms. The molecule has 1 aromatic rings. The monoisotopic (exact) mass is 338 g/mol. The number of hydrogen-bond acceptors (Lipinski definition) is 3. The number of carbonyl (C=O) groups excluding carboxylic acids is 1. The lowest BCUT2D eigenvalue weighted by atomic mass is 9.86. The van der Waals surface area contributed by atoms with Crippen LogP contribution in [-0.4, -0.2) is 41.1 Å². The van der Waals surface area contributed by atoms with E-state index in [1.165, 1.54) is 0 Å². The summed E-state index contributed by atoms with van der Waals surface area (Å²) < 4.78 is 0. The van der Waals surface area contributed by atoms with Crippen molar-refractivity contribution in [2.75, 3.05) is 19.6 Å². The fourth-order valence-corrected chi connectivity index (χ4v) is 3.77. The number of carbonyl (C=O) groups is 1. The molecule has 2 atom stereocenters. The van der Waals surface area contributed by atoms with E-state index in [9.17, 15) is 9.90 Å². The van der Waals surface area contributed by atoms with Crippen LogP contribution in [0.3, 0.4) is 0 Å². The molecule has 3 rings (SSSR count). The standard InChI is InChI=1S/C18H26N2O2.ClH/c1-18(10-5-11-19-18)17(22)20-12-8-15(9-13-20)16(21)14-6-3-2-4-7-14;/h2-4,6-7,15-16,19,21H,5,8-13H2,1H3;1H. The van der Waals surface area contributed by atoms with Gasteiger partial charge in [0.05, 0.1) is 11.6 Å². The molecule has 1 amide bonds. The molecule has 1 aromatic carbocycles. The van der Waals surface area contributed by atoms with E-state index in [0.29, 0.717) is 0 Å². The molecule has 0 bridgehead atoms. The zero-order valence-electron chi connectivity index (χ0n) is 13.7. The van der Waals surface area contributed by atoms with Crippen molar-refractivity contribution in [1.82, 2.24) is 10.2 Å². The number of amides is 1. The molecule has 2 unspecified atom stereocenters. The lowest BCUT2D eigenvalue weighted by Crippen LogP contribution is -2.54. The SMILES string of the molecule is CC1(C(=O)N2CCC(C(O)c3ccccc3)CC2)CCCN1.Cl. The average molecular weight is 339 g/mol. The topological polar surface area (TPSA) is 52.6 Å². The molecular weight excluding hydrogens is 312 g/mol. The largest absolute Gasteiger partial charge is 0.388 e. The minimum atomic E-state index is -0.418. The smallest absolute Gasteiger partial charge is 0.242 e. The van der Waals surface area contributed by atoms with Crippen LogP contribution >= 0.6 is 12.4 Å². The van der Waals surface area contributed by atoms with Gasteiger partial charge in [0.15, 0.2) is 0 Å². The third-order valence-electron chi connectivity index (χ3n) is 5.26. The Kier molecular flexibility index (Phi) is 6.06. The van der Waals surface area contributed by atoms with E-state index in [4.69, 9.17) is 0 Å². The Morgan fingerprint density at radius 2 is 1.96 bits per heavy atom. The molecule has 2 N–H and O–H groups in total. The van der Waals surface area contributed by atoms with Crippen molar-refractivity contribution in [2.45, 2.75) is 44.2 Å². The van der Waals surface area contributed by atoms with Crippen LogP contribution in [0.25, 0.3) is 0 Å². The maximum Gasteiger partial charge on any atom is 0.242 e. The van der Waals surface area contributed by atoms with Gasteiger partial charge in [-0.25, -0.2) is 0 Å². The first-order chi connectivity index (χ1) is 10.6. The zero-order chi connectivity index (χ0) is 15.6. The summed E-state index contributed by atoms with van der Waals surface area (Å²) in [6.07, 6.45) is 3.33. The average Bonchev–Trinajstić information content (AvgIpc) is 3.02. The Bertz CT molecular complexity index is 509. The lowest BCUT2D eigenvalue weighted by molar-refractivity contribution is -0.139. The second-order valence-corrected chi connectivity index (χ2v) is 6.85. The third-order valence-corrected chi connectivity index (χ3v) is 5.26. The highest BCUT2D eigenvalue weighted by Gasteiger charge is 2.40. The summed E-state index contributed by atoms with van der Waals surface area (Å²) in [5, 5.41) is 13.9. The highest BCUT2D eigenvalue weighted by atomic mass is 35.5. The summed E-state index contributed by atoms with van der Waals surface area (Å²) in [4.78, 5) is 14.6.